The van der Waals surface area contributed by atoms with Gasteiger partial charge in [-0.25, -0.2) is 0 Å². The Balaban J connectivity index is 1.71. The highest BCUT2D eigenvalue weighted by molar-refractivity contribution is 5.83. The summed E-state index contributed by atoms with van der Waals surface area (Å²) in [5.41, 5.74) is 0. The first-order chi connectivity index (χ1) is 15.8. The molecule has 0 aromatic rings. The zero-order valence-corrected chi connectivity index (χ0v) is 21.4. The van der Waals surface area contributed by atoms with Crippen LogP contribution in [0.5, 0.6) is 0 Å². The SMILES string of the molecule is CCC#CC1CC(C(=O)NCC2C(=O)NC(C)CC2C)C(C)C(N(CC)C2CCOCC2)C1. The van der Waals surface area contributed by atoms with E-state index in [1.165, 1.54) is 0 Å². The highest BCUT2D eigenvalue weighted by atomic mass is 16.5. The van der Waals surface area contributed by atoms with E-state index in [2.05, 4.69) is 55.1 Å². The number of rotatable bonds is 6. The van der Waals surface area contributed by atoms with E-state index in [1.54, 1.807) is 0 Å². The van der Waals surface area contributed by atoms with Crippen molar-refractivity contribution in [2.45, 2.75) is 91.3 Å². The highest BCUT2D eigenvalue weighted by Crippen LogP contribution is 2.38. The normalized spacial score (nSPS) is 35.5. The Bertz CT molecular complexity index is 724. The van der Waals surface area contributed by atoms with Crippen LogP contribution in [0.25, 0.3) is 0 Å². The molecule has 3 rings (SSSR count). The maximum absolute atomic E-state index is 13.5. The number of carbonyl (C=O) groups is 2. The molecule has 1 aliphatic carbocycles. The number of carbonyl (C=O) groups excluding carboxylic acids is 2. The van der Waals surface area contributed by atoms with Gasteiger partial charge in [0.1, 0.15) is 0 Å². The van der Waals surface area contributed by atoms with Crippen LogP contribution in [0.4, 0.5) is 0 Å². The maximum Gasteiger partial charge on any atom is 0.225 e. The number of ether oxygens (including phenoxy) is 1. The van der Waals surface area contributed by atoms with Gasteiger partial charge in [0.2, 0.25) is 11.8 Å². The number of piperidine rings is 1. The van der Waals surface area contributed by atoms with E-state index in [0.29, 0.717) is 18.6 Å². The fourth-order valence-corrected chi connectivity index (χ4v) is 6.34. The second-order valence-electron chi connectivity index (χ2n) is 10.5. The van der Waals surface area contributed by atoms with E-state index in [1.807, 2.05) is 6.92 Å². The van der Waals surface area contributed by atoms with Crippen LogP contribution in [-0.4, -0.2) is 61.1 Å². The van der Waals surface area contributed by atoms with Crippen molar-refractivity contribution in [3.63, 3.8) is 0 Å². The molecule has 3 aliphatic rings. The van der Waals surface area contributed by atoms with Crippen LogP contribution >= 0.6 is 0 Å². The average molecular weight is 460 g/mol. The highest BCUT2D eigenvalue weighted by Gasteiger charge is 2.43. The Kier molecular flexibility index (Phi) is 9.64. The molecule has 1 saturated carbocycles. The van der Waals surface area contributed by atoms with E-state index in [4.69, 9.17) is 4.74 Å². The first-order valence-corrected chi connectivity index (χ1v) is 13.3. The monoisotopic (exact) mass is 459 g/mol. The van der Waals surface area contributed by atoms with Gasteiger partial charge in [-0.2, -0.15) is 0 Å². The molecular weight excluding hydrogens is 414 g/mol. The molecular formula is C27H45N3O3. The fraction of sp³-hybridized carbons (Fsp3) is 0.852. The standard InChI is InChI=1S/C27H45N3O3/c1-6-8-9-21-15-23(26(31)28-17-24-18(3)14-19(4)29-27(24)32)20(5)25(16-21)30(7-2)22-10-12-33-13-11-22/h18-25H,6-7,10-17H2,1-5H3,(H,28,31)(H,29,32). The van der Waals surface area contributed by atoms with Gasteiger partial charge in [0.25, 0.3) is 0 Å². The predicted octanol–water partition coefficient (Wildman–Crippen LogP) is 3.21. The van der Waals surface area contributed by atoms with Crippen LogP contribution in [0.15, 0.2) is 0 Å². The number of hydrogen-bond donors (Lipinski definition) is 2. The van der Waals surface area contributed by atoms with Crippen molar-refractivity contribution in [1.82, 2.24) is 15.5 Å². The van der Waals surface area contributed by atoms with Gasteiger partial charge in [-0.1, -0.05) is 33.6 Å². The molecule has 0 aromatic heterocycles. The Morgan fingerprint density at radius 2 is 1.88 bits per heavy atom. The van der Waals surface area contributed by atoms with Crippen LogP contribution in [0, 0.1) is 41.4 Å². The number of nitrogens with one attached hydrogen (secondary N) is 2. The molecule has 0 bridgehead atoms. The van der Waals surface area contributed by atoms with Crippen molar-refractivity contribution in [3.05, 3.63) is 0 Å². The molecule has 0 spiro atoms. The lowest BCUT2D eigenvalue weighted by Gasteiger charge is -2.47. The van der Waals surface area contributed by atoms with Crippen LogP contribution in [0.1, 0.15) is 73.1 Å². The minimum atomic E-state index is -0.148. The third-order valence-electron chi connectivity index (χ3n) is 8.21. The quantitative estimate of drug-likeness (QED) is 0.599. The summed E-state index contributed by atoms with van der Waals surface area (Å²) in [7, 11) is 0. The lowest BCUT2D eigenvalue weighted by atomic mass is 9.70. The Morgan fingerprint density at radius 1 is 1.15 bits per heavy atom. The molecule has 3 fully saturated rings. The first kappa shape index (κ1) is 26.0. The van der Waals surface area contributed by atoms with Gasteiger partial charge < -0.3 is 15.4 Å². The average Bonchev–Trinajstić information content (AvgIpc) is 2.79. The van der Waals surface area contributed by atoms with E-state index in [0.717, 1.165) is 58.3 Å². The lowest BCUT2D eigenvalue weighted by Crippen LogP contribution is -2.55. The number of nitrogens with zero attached hydrogens (tertiary/aromatic N) is 1. The molecule has 2 aliphatic heterocycles. The summed E-state index contributed by atoms with van der Waals surface area (Å²) in [5, 5.41) is 6.22. The third-order valence-corrected chi connectivity index (χ3v) is 8.21. The minimum Gasteiger partial charge on any atom is -0.381 e. The molecule has 33 heavy (non-hydrogen) atoms. The van der Waals surface area contributed by atoms with Gasteiger partial charge in [-0.05, 0) is 57.4 Å². The molecule has 7 atom stereocenters. The summed E-state index contributed by atoms with van der Waals surface area (Å²) in [6.45, 7) is 13.8. The van der Waals surface area contributed by atoms with Gasteiger partial charge >= 0.3 is 0 Å². The topological polar surface area (TPSA) is 70.7 Å². The summed E-state index contributed by atoms with van der Waals surface area (Å²) in [6.07, 6.45) is 5.77. The second-order valence-corrected chi connectivity index (χ2v) is 10.5. The number of hydrogen-bond acceptors (Lipinski definition) is 4. The van der Waals surface area contributed by atoms with Crippen molar-refractivity contribution in [2.24, 2.45) is 29.6 Å². The molecule has 2 saturated heterocycles. The molecule has 7 unspecified atom stereocenters. The van der Waals surface area contributed by atoms with Crippen molar-refractivity contribution in [2.75, 3.05) is 26.3 Å². The van der Waals surface area contributed by atoms with Crippen molar-refractivity contribution >= 4 is 11.8 Å². The Labute approximate surface area is 201 Å². The third kappa shape index (κ3) is 6.51. The summed E-state index contributed by atoms with van der Waals surface area (Å²) in [5.74, 6) is 7.46. The van der Waals surface area contributed by atoms with E-state index in [9.17, 15) is 9.59 Å². The summed E-state index contributed by atoms with van der Waals surface area (Å²) in [4.78, 5) is 28.6. The summed E-state index contributed by atoms with van der Waals surface area (Å²) >= 11 is 0. The van der Waals surface area contributed by atoms with Gasteiger partial charge in [-0.3, -0.25) is 14.5 Å². The van der Waals surface area contributed by atoms with Crippen LogP contribution < -0.4 is 10.6 Å². The zero-order valence-electron chi connectivity index (χ0n) is 21.4. The van der Waals surface area contributed by atoms with Gasteiger partial charge in [0, 0.05) is 56.1 Å². The molecule has 6 nitrogen and oxygen atoms in total. The van der Waals surface area contributed by atoms with Crippen LogP contribution in [0.2, 0.25) is 0 Å². The molecule has 6 heteroatoms. The largest absolute Gasteiger partial charge is 0.381 e. The van der Waals surface area contributed by atoms with Crippen molar-refractivity contribution in [3.8, 4) is 11.8 Å². The molecule has 0 aromatic carbocycles. The molecule has 186 valence electrons. The zero-order chi connectivity index (χ0) is 24.0. The molecule has 0 radical (unpaired) electrons. The molecule has 2 amide bonds. The first-order valence-electron chi connectivity index (χ1n) is 13.3. The molecule has 2 N–H and O–H groups in total. The van der Waals surface area contributed by atoms with E-state index in [-0.39, 0.29) is 47.4 Å². The van der Waals surface area contributed by atoms with Crippen molar-refractivity contribution in [1.29, 1.82) is 0 Å². The van der Waals surface area contributed by atoms with Gasteiger partial charge in [0.15, 0.2) is 0 Å². The second kappa shape index (κ2) is 12.2. The molecule has 2 heterocycles. The maximum atomic E-state index is 13.5. The predicted molar refractivity (Wildman–Crippen MR) is 131 cm³/mol. The fourth-order valence-electron chi connectivity index (χ4n) is 6.34. The minimum absolute atomic E-state index is 0.0690. The Hall–Kier alpha value is -1.58. The van der Waals surface area contributed by atoms with Gasteiger partial charge in [0.05, 0.1) is 5.92 Å². The van der Waals surface area contributed by atoms with Crippen LogP contribution in [-0.2, 0) is 14.3 Å². The van der Waals surface area contributed by atoms with E-state index >= 15 is 0 Å². The lowest BCUT2D eigenvalue weighted by molar-refractivity contribution is -0.132. The van der Waals surface area contributed by atoms with Gasteiger partial charge in [-0.15, -0.1) is 5.92 Å². The van der Waals surface area contributed by atoms with Crippen LogP contribution in [0.3, 0.4) is 0 Å². The summed E-state index contributed by atoms with van der Waals surface area (Å²) in [6, 6.07) is 1.07. The number of amides is 2. The van der Waals surface area contributed by atoms with E-state index < -0.39 is 0 Å². The smallest absolute Gasteiger partial charge is 0.225 e. The summed E-state index contributed by atoms with van der Waals surface area (Å²) < 4.78 is 5.61. The van der Waals surface area contributed by atoms with Crippen molar-refractivity contribution < 1.29 is 14.3 Å². The Morgan fingerprint density at radius 3 is 2.52 bits per heavy atom.